The number of guanidine groups is 1. The van der Waals surface area contributed by atoms with E-state index in [2.05, 4.69) is 52.2 Å². The van der Waals surface area contributed by atoms with E-state index in [1.807, 2.05) is 51.4 Å². The van der Waals surface area contributed by atoms with Crippen LogP contribution in [0.5, 0.6) is 5.75 Å². The average molecular weight is 1760 g/mol. The van der Waals surface area contributed by atoms with E-state index in [1.165, 1.54) is 6.92 Å². The minimum Gasteiger partial charge on any atom is -0.370 e. The van der Waals surface area contributed by atoms with Crippen molar-refractivity contribution in [2.75, 3.05) is 26.3 Å². The molecule has 1 aromatic rings. The van der Waals surface area contributed by atoms with E-state index in [4.69, 9.17) is 32.2 Å². The summed E-state index contributed by atoms with van der Waals surface area (Å²) < 4.78 is 65.7. The standard InChI is InChI=1S/C67H119N11O18SSi.HI.Po/c1-26-37(4)48(58(85)76-49(41(8)94-65(15,16)17)57(84)70-32-47(79)71-44(33-92-63(9,10)11)55(82)73-45(60(87)88)34-93-64(12,13)14)75-54(81)43(72-56(83)46(35-98(23,24)25)74-59(86)50(51(80)36(2)3)77-62(89)96-66(18,19)20)28-27-31-69-61(68)78-97(90,91)53-39(6)38(5)52-42(40(53)7)29-30-67(21,22)95-52;;/h36-37,41,43-46,48-51,80H,26-35H2,1-25H3,(H,70,84)(H,71,79)(H,72,83)(H,73,82)(H,74,86)(H,75,81)(H,76,85)(H,77,89)(H,87,88)(H3,68,69,78);1H;/q;;+2/p-2/t37-,41-,43+,44-,45-,46-,48-,49-,50-,51+;;/m0../s1. The topological polar surface area (TPSA) is 410 Å². The number of hydrogen-bond donors (Lipinski definition) is 11. The molecule has 0 fully saturated rings. The molecule has 1 aliphatic rings. The number of aliphatic hydroxyl groups excluding tert-OH is 1. The van der Waals surface area contributed by atoms with Crippen LogP contribution in [0.1, 0.15) is 179 Å². The number of aliphatic imine (C=N–C) groups is 1. The van der Waals surface area contributed by atoms with E-state index in [0.29, 0.717) is 35.3 Å². The molecule has 0 spiro atoms. The summed E-state index contributed by atoms with van der Waals surface area (Å²) in [5.41, 5.74) is 4.91. The van der Waals surface area contributed by atoms with Gasteiger partial charge in [0.25, 0.3) is 10.0 Å². The smallest absolute Gasteiger partial charge is 0.0846 e. The van der Waals surface area contributed by atoms with Gasteiger partial charge in [-0.15, -0.1) is 0 Å². The minimum absolute atomic E-state index is 0.0308. The van der Waals surface area contributed by atoms with E-state index in [1.54, 1.807) is 132 Å². The molecule has 100 heavy (non-hydrogen) atoms. The van der Waals surface area contributed by atoms with E-state index < -0.39 is 198 Å². The summed E-state index contributed by atoms with van der Waals surface area (Å²) in [7, 11) is -6.68. The van der Waals surface area contributed by atoms with Crippen molar-refractivity contribution in [3.63, 3.8) is 0 Å². The van der Waals surface area contributed by atoms with Crippen LogP contribution in [-0.4, -0.2) is 210 Å². The maximum atomic E-state index is 15.0. The maximum absolute atomic E-state index is 15.0. The van der Waals surface area contributed by atoms with Gasteiger partial charge < -0.3 is 51.6 Å². The van der Waals surface area contributed by atoms with Crippen molar-refractivity contribution in [1.82, 2.24) is 47.3 Å². The number of halogens is 1. The van der Waals surface area contributed by atoms with Crippen molar-refractivity contribution in [3.8, 4) is 5.75 Å². The first-order valence-corrected chi connectivity index (χ1v) is 49.3. The summed E-state index contributed by atoms with van der Waals surface area (Å²) in [6, 6.07) is -9.98. The molecular formula is C67H118IN11O18PoSSi. The van der Waals surface area contributed by atoms with E-state index in [0.717, 1.165) is 5.56 Å². The maximum Gasteiger partial charge on any atom is 0.0846 e. The number of nitrogens with one attached hydrogen (secondary N) is 9. The van der Waals surface area contributed by atoms with Gasteiger partial charge in [0.2, 0.25) is 29.6 Å². The second-order valence-electron chi connectivity index (χ2n) is 31.6. The van der Waals surface area contributed by atoms with E-state index in [-0.39, 0.29) is 50.0 Å². The number of sulfonamides is 1. The predicted molar refractivity (Wildman–Crippen MR) is 394 cm³/mol. The molecule has 1 heterocycles. The van der Waals surface area contributed by atoms with Crippen LogP contribution in [0.2, 0.25) is 25.7 Å². The van der Waals surface area contributed by atoms with Gasteiger partial charge in [0.05, 0.1) is 22.7 Å². The van der Waals surface area contributed by atoms with Crippen molar-refractivity contribution in [1.29, 1.82) is 0 Å². The number of fused-ring (bicyclic) bond motifs is 1. The van der Waals surface area contributed by atoms with Crippen LogP contribution in [0.4, 0.5) is 4.79 Å². The predicted octanol–water partition coefficient (Wildman–Crippen LogP) is 4.75. The minimum atomic E-state index is -4.33. The second kappa shape index (κ2) is 38.6. The number of hydrogen-bond acceptors (Lipinski definition) is 19. The quantitative estimate of drug-likeness (QED) is 0.0143. The second-order valence-corrected chi connectivity index (χ2v) is 43.1. The molecule has 0 bridgehead atoms. The Morgan fingerprint density at radius 2 is 1.20 bits per heavy atom. The number of amides is 8. The van der Waals surface area contributed by atoms with E-state index in [9.17, 15) is 51.9 Å². The molecule has 1 aromatic carbocycles. The first kappa shape index (κ1) is 91.0. The fourth-order valence-corrected chi connectivity index (χ4v) is 15.6. The molecule has 0 saturated carbocycles. The molecule has 0 saturated heterocycles. The number of benzene rings is 1. The summed E-state index contributed by atoms with van der Waals surface area (Å²) >= 11 is 0.473. The number of ether oxygens (including phenoxy) is 5. The number of nitrogens with two attached hydrogens (primary N) is 1. The molecule has 33 heteroatoms. The summed E-state index contributed by atoms with van der Waals surface area (Å²) in [6.45, 7) is 42.2. The molecule has 0 aliphatic carbocycles. The molecule has 2 rings (SSSR count). The van der Waals surface area contributed by atoms with Crippen molar-refractivity contribution >= 4 is 115 Å². The summed E-state index contributed by atoms with van der Waals surface area (Å²) in [6.07, 6.45) is -2.28. The average Bonchev–Trinajstić information content (AvgIpc) is 0.746. The van der Waals surface area contributed by atoms with Gasteiger partial charge in [-0.3, -0.25) is 24.2 Å². The van der Waals surface area contributed by atoms with Crippen LogP contribution in [-0.2, 0) is 76.5 Å². The normalized spacial score (nSPS) is 16.7. The Hall–Kier alpha value is -5.05. The van der Waals surface area contributed by atoms with Gasteiger partial charge in [-0.1, -0.05) is 53.8 Å². The third-order valence-corrected chi connectivity index (χ3v) is 21.4. The third-order valence-electron chi connectivity index (χ3n) is 15.7. The van der Waals surface area contributed by atoms with E-state index >= 15 is 4.79 Å². The van der Waals surface area contributed by atoms with Crippen molar-refractivity contribution < 1.29 is 83.1 Å². The van der Waals surface area contributed by atoms with Crippen LogP contribution >= 0.6 is 18.0 Å². The number of nitrogens with zero attached hydrogens (tertiary/aromatic N) is 1. The molecule has 0 radical (unpaired) electrons. The first-order valence-electron chi connectivity index (χ1n) is 33.9. The van der Waals surface area contributed by atoms with Crippen LogP contribution in [0.25, 0.3) is 0 Å². The number of alkyl carbamates (subject to hydrolysis) is 1. The Kier molecular flexibility index (Phi) is 35.2. The zero-order chi connectivity index (χ0) is 77.2. The molecule has 10 atom stereocenters. The largest absolute Gasteiger partial charge is 0.370 e. The first-order chi connectivity index (χ1) is 45.5. The van der Waals surface area contributed by atoms with Gasteiger partial charge in [-0.05, 0) is 149 Å². The molecule has 29 nitrogen and oxygen atoms in total. The molecular weight excluding hydrogens is 1640 g/mol. The van der Waals surface area contributed by atoms with Gasteiger partial charge in [-0.25, -0.2) is 17.9 Å². The number of carbonyl (C=O) groups is 9. The number of carbonyl (C=O) groups excluding carboxylic acids is 9. The fourth-order valence-electron chi connectivity index (χ4n) is 10.3. The number of rotatable bonds is 35. The van der Waals surface area contributed by atoms with Crippen molar-refractivity contribution in [2.24, 2.45) is 22.6 Å². The molecule has 1 aliphatic heterocycles. The zero-order valence-electron chi connectivity index (χ0n) is 63.5. The Morgan fingerprint density at radius 1 is 0.680 bits per heavy atom. The van der Waals surface area contributed by atoms with Gasteiger partial charge in [0.15, 0.2) is 0 Å². The Labute approximate surface area is 615 Å². The monoisotopic (exact) mass is 1760 g/mol. The Morgan fingerprint density at radius 3 is 1.72 bits per heavy atom. The van der Waals surface area contributed by atoms with Gasteiger partial charge in [0, 0.05) is 14.6 Å². The van der Waals surface area contributed by atoms with Crippen LogP contribution < -0.4 is 57.7 Å². The summed E-state index contributed by atoms with van der Waals surface area (Å²) in [5, 5.41) is 32.4. The SMILES string of the molecule is CC[C@H](C)[C@H](NC(=O)[C@@H](CCCN=C(N)NS(=O)(=O)c1c(C)c(C)c2c(c1C)CCC(C)(C)O2)NC(=O)[C@H](C[Si](C)(C)C)NC(=O)[C@@H](NC(=O)OC(C)(C)C)[C@H](O)C(C)C)C(=O)N[C@H](C(=O)NCC(=O)N[C@@H](COC(C)(C)C)C(=O)N[C@@H](COC(C)(C)C)C(=O)[O][Po][I])[C@H](C)OC(C)(C)C. The number of aliphatic hydroxyl groups is 1. The van der Waals surface area contributed by atoms with Crippen LogP contribution in [0.15, 0.2) is 9.89 Å². The van der Waals surface area contributed by atoms with Gasteiger partial charge >= 0.3 is 206 Å². The van der Waals surface area contributed by atoms with Gasteiger partial charge in [0.1, 0.15) is 41.1 Å². The third kappa shape index (κ3) is 31.9. The van der Waals surface area contributed by atoms with Gasteiger partial charge in [-0.2, -0.15) is 0 Å². The zero-order valence-corrected chi connectivity index (χ0v) is 70.7. The van der Waals surface area contributed by atoms with Crippen molar-refractivity contribution in [3.05, 3.63) is 22.3 Å². The molecule has 572 valence electrons. The van der Waals surface area contributed by atoms with Crippen LogP contribution in [0, 0.1) is 32.6 Å². The molecule has 12 N–H and O–H groups in total. The summed E-state index contributed by atoms with van der Waals surface area (Å²) in [5.74, 6) is -7.87. The van der Waals surface area contributed by atoms with Crippen molar-refractivity contribution in [2.45, 2.75) is 298 Å². The van der Waals surface area contributed by atoms with Crippen LogP contribution in [0.3, 0.4) is 0 Å². The Balaban J connectivity index is 2.70. The Bertz CT molecular complexity index is 3160. The molecule has 8 amide bonds. The summed E-state index contributed by atoms with van der Waals surface area (Å²) in [4.78, 5) is 132. The molecule has 0 unspecified atom stereocenters. The fraction of sp³-hybridized carbons (Fsp3) is 0.761. The molecule has 0 aromatic heterocycles.